The number of hydrogen-bond acceptors (Lipinski definition) is 6. The standard InChI is InChI=1S/C26H33N7O/c1-19(2)25-27-13-17-33(25)23-8-3-6-21(30-23)22-7-4-14-32(22)24(34)18-20-9-15-31(16-10-20)26-28-11-5-12-29-26/h3,5-6,8,11-13,17,19-20,22H,4,7,9-10,14-16,18H2,1-2H3. The van der Waals surface area contributed by atoms with Crippen molar-refractivity contribution in [2.24, 2.45) is 5.92 Å². The highest BCUT2D eigenvalue weighted by atomic mass is 16.2. The molecule has 2 saturated heterocycles. The van der Waals surface area contributed by atoms with Crippen LogP contribution in [-0.4, -0.2) is 54.9 Å². The van der Waals surface area contributed by atoms with E-state index < -0.39 is 0 Å². The Bertz CT molecular complexity index is 1110. The molecule has 0 aromatic carbocycles. The van der Waals surface area contributed by atoms with Gasteiger partial charge in [-0.15, -0.1) is 0 Å². The van der Waals surface area contributed by atoms with Gasteiger partial charge in [0.15, 0.2) is 0 Å². The fraction of sp³-hybridized carbons (Fsp3) is 0.500. The van der Waals surface area contributed by atoms with Crippen molar-refractivity contribution in [2.45, 2.75) is 57.9 Å². The zero-order chi connectivity index (χ0) is 23.5. The number of piperidine rings is 1. The summed E-state index contributed by atoms with van der Waals surface area (Å²) >= 11 is 0. The van der Waals surface area contributed by atoms with Gasteiger partial charge in [-0.3, -0.25) is 9.36 Å². The zero-order valence-electron chi connectivity index (χ0n) is 20.0. The van der Waals surface area contributed by atoms with Gasteiger partial charge in [0.2, 0.25) is 11.9 Å². The van der Waals surface area contributed by atoms with Gasteiger partial charge >= 0.3 is 0 Å². The number of anilines is 1. The molecule has 34 heavy (non-hydrogen) atoms. The van der Waals surface area contributed by atoms with E-state index in [9.17, 15) is 4.79 Å². The number of hydrogen-bond donors (Lipinski definition) is 0. The van der Waals surface area contributed by atoms with E-state index in [2.05, 4.69) is 49.2 Å². The fourth-order valence-electron chi connectivity index (χ4n) is 5.22. The Morgan fingerprint density at radius 1 is 1.00 bits per heavy atom. The molecule has 3 aromatic rings. The molecule has 0 aliphatic carbocycles. The molecule has 8 heteroatoms. The van der Waals surface area contributed by atoms with Crippen LogP contribution in [-0.2, 0) is 4.79 Å². The fourth-order valence-corrected chi connectivity index (χ4v) is 5.22. The molecular formula is C26H33N7O. The van der Waals surface area contributed by atoms with E-state index in [1.165, 1.54) is 0 Å². The second kappa shape index (κ2) is 9.91. The Morgan fingerprint density at radius 2 is 1.79 bits per heavy atom. The Balaban J connectivity index is 1.24. The van der Waals surface area contributed by atoms with Crippen molar-refractivity contribution in [1.82, 2.24) is 29.4 Å². The number of likely N-dealkylation sites (tertiary alicyclic amines) is 1. The summed E-state index contributed by atoms with van der Waals surface area (Å²) in [4.78, 5) is 35.8. The first-order valence-corrected chi connectivity index (χ1v) is 12.4. The number of amides is 1. The first-order chi connectivity index (χ1) is 16.6. The van der Waals surface area contributed by atoms with Crippen LogP contribution in [0, 0.1) is 5.92 Å². The third-order valence-electron chi connectivity index (χ3n) is 7.02. The van der Waals surface area contributed by atoms with Crippen LogP contribution in [0.2, 0.25) is 0 Å². The normalized spacial score (nSPS) is 19.2. The second-order valence-corrected chi connectivity index (χ2v) is 9.66. The van der Waals surface area contributed by atoms with Crippen LogP contribution < -0.4 is 4.90 Å². The summed E-state index contributed by atoms with van der Waals surface area (Å²) in [7, 11) is 0. The van der Waals surface area contributed by atoms with Gasteiger partial charge in [-0.05, 0) is 49.8 Å². The molecule has 1 amide bonds. The van der Waals surface area contributed by atoms with E-state index in [4.69, 9.17) is 4.98 Å². The largest absolute Gasteiger partial charge is 0.341 e. The SMILES string of the molecule is CC(C)c1nccn1-c1cccc(C2CCCN2C(=O)CC2CCN(c3ncccn3)CC2)n1. The van der Waals surface area contributed by atoms with Crippen LogP contribution in [0.3, 0.4) is 0 Å². The topological polar surface area (TPSA) is 80.0 Å². The summed E-state index contributed by atoms with van der Waals surface area (Å²) in [5, 5.41) is 0. The maximum atomic E-state index is 13.4. The van der Waals surface area contributed by atoms with Crippen molar-refractivity contribution in [2.75, 3.05) is 24.5 Å². The minimum atomic E-state index is 0.0521. The van der Waals surface area contributed by atoms with Crippen molar-refractivity contribution < 1.29 is 4.79 Å². The minimum absolute atomic E-state index is 0.0521. The number of carbonyl (C=O) groups excluding carboxylic acids is 1. The highest BCUT2D eigenvalue weighted by Gasteiger charge is 2.33. The number of nitrogens with zero attached hydrogens (tertiary/aromatic N) is 7. The van der Waals surface area contributed by atoms with Crippen LogP contribution in [0.15, 0.2) is 49.1 Å². The van der Waals surface area contributed by atoms with Gasteiger partial charge < -0.3 is 9.80 Å². The number of rotatable bonds is 6. The first kappa shape index (κ1) is 22.5. The average molecular weight is 460 g/mol. The third kappa shape index (κ3) is 4.67. The Morgan fingerprint density at radius 3 is 2.56 bits per heavy atom. The summed E-state index contributed by atoms with van der Waals surface area (Å²) in [6.07, 6.45) is 11.9. The van der Waals surface area contributed by atoms with Gasteiger partial charge in [-0.2, -0.15) is 0 Å². The molecule has 1 atom stereocenters. The van der Waals surface area contributed by atoms with Crippen LogP contribution in [0.25, 0.3) is 5.82 Å². The van der Waals surface area contributed by atoms with Crippen molar-refractivity contribution in [3.8, 4) is 5.82 Å². The predicted molar refractivity (Wildman–Crippen MR) is 131 cm³/mol. The molecule has 8 nitrogen and oxygen atoms in total. The molecule has 3 aromatic heterocycles. The van der Waals surface area contributed by atoms with Crippen molar-refractivity contribution in [3.63, 3.8) is 0 Å². The lowest BCUT2D eigenvalue weighted by Gasteiger charge is -2.33. The van der Waals surface area contributed by atoms with Gasteiger partial charge in [0, 0.05) is 56.8 Å². The molecule has 2 fully saturated rings. The van der Waals surface area contributed by atoms with Crippen LogP contribution in [0.4, 0.5) is 5.95 Å². The molecule has 0 bridgehead atoms. The molecule has 0 saturated carbocycles. The summed E-state index contributed by atoms with van der Waals surface area (Å²) in [5.74, 6) is 3.63. The molecule has 178 valence electrons. The van der Waals surface area contributed by atoms with Crippen LogP contribution in [0.1, 0.15) is 69.4 Å². The predicted octanol–water partition coefficient (Wildman–Crippen LogP) is 4.15. The number of imidazole rings is 1. The maximum Gasteiger partial charge on any atom is 0.225 e. The highest BCUT2D eigenvalue weighted by molar-refractivity contribution is 5.77. The van der Waals surface area contributed by atoms with Gasteiger partial charge in [0.1, 0.15) is 11.6 Å². The smallest absolute Gasteiger partial charge is 0.225 e. The summed E-state index contributed by atoms with van der Waals surface area (Å²) in [6, 6.07) is 8.01. The minimum Gasteiger partial charge on any atom is -0.341 e. The molecule has 2 aliphatic heterocycles. The first-order valence-electron chi connectivity index (χ1n) is 12.4. The number of carbonyl (C=O) groups is 1. The zero-order valence-corrected chi connectivity index (χ0v) is 20.0. The second-order valence-electron chi connectivity index (χ2n) is 9.66. The highest BCUT2D eigenvalue weighted by Crippen LogP contribution is 2.33. The lowest BCUT2D eigenvalue weighted by atomic mass is 9.93. The maximum absolute atomic E-state index is 13.4. The molecule has 5 rings (SSSR count). The number of aromatic nitrogens is 5. The van der Waals surface area contributed by atoms with Crippen molar-refractivity contribution >= 4 is 11.9 Å². The quantitative estimate of drug-likeness (QED) is 0.551. The lowest BCUT2D eigenvalue weighted by molar-refractivity contribution is -0.133. The van der Waals surface area contributed by atoms with Crippen molar-refractivity contribution in [1.29, 1.82) is 0 Å². The van der Waals surface area contributed by atoms with Crippen LogP contribution in [0.5, 0.6) is 0 Å². The van der Waals surface area contributed by atoms with E-state index in [1.54, 1.807) is 12.4 Å². The molecule has 0 radical (unpaired) electrons. The molecule has 5 heterocycles. The number of pyridine rings is 1. The van der Waals surface area contributed by atoms with Crippen molar-refractivity contribution in [3.05, 3.63) is 60.6 Å². The third-order valence-corrected chi connectivity index (χ3v) is 7.02. The van der Waals surface area contributed by atoms with Gasteiger partial charge in [0.05, 0.1) is 11.7 Å². The Kier molecular flexibility index (Phi) is 6.56. The van der Waals surface area contributed by atoms with E-state index in [-0.39, 0.29) is 11.9 Å². The van der Waals surface area contributed by atoms with E-state index in [0.29, 0.717) is 18.3 Å². The molecule has 2 aliphatic rings. The molecular weight excluding hydrogens is 426 g/mol. The average Bonchev–Trinajstić information content (AvgIpc) is 3.56. The van der Waals surface area contributed by atoms with Gasteiger partial charge in [-0.1, -0.05) is 19.9 Å². The molecule has 0 N–H and O–H groups in total. The van der Waals surface area contributed by atoms with Gasteiger partial charge in [0.25, 0.3) is 0 Å². The lowest BCUT2D eigenvalue weighted by Crippen LogP contribution is -2.38. The van der Waals surface area contributed by atoms with Crippen LogP contribution >= 0.6 is 0 Å². The summed E-state index contributed by atoms with van der Waals surface area (Å²) in [5.41, 5.74) is 0.975. The molecule has 1 unspecified atom stereocenters. The monoisotopic (exact) mass is 459 g/mol. The Labute approximate surface area is 201 Å². The summed E-state index contributed by atoms with van der Waals surface area (Å²) in [6.45, 7) is 6.89. The molecule has 0 spiro atoms. The van der Waals surface area contributed by atoms with Gasteiger partial charge in [-0.25, -0.2) is 19.9 Å². The van der Waals surface area contributed by atoms with E-state index >= 15 is 0 Å². The van der Waals surface area contributed by atoms with E-state index in [0.717, 1.165) is 68.6 Å². The summed E-state index contributed by atoms with van der Waals surface area (Å²) < 4.78 is 2.06. The Hall–Kier alpha value is -3.29. The van der Waals surface area contributed by atoms with E-state index in [1.807, 2.05) is 30.6 Å².